The highest BCUT2D eigenvalue weighted by Gasteiger charge is 2.33. The Morgan fingerprint density at radius 1 is 1.44 bits per heavy atom. The molecular formula is C11H21N3O2. The second-order valence-electron chi connectivity index (χ2n) is 4.78. The van der Waals surface area contributed by atoms with Crippen LogP contribution in [0.5, 0.6) is 0 Å². The van der Waals surface area contributed by atoms with Gasteiger partial charge in [-0.05, 0) is 39.8 Å². The van der Waals surface area contributed by atoms with E-state index in [1.807, 2.05) is 0 Å². The summed E-state index contributed by atoms with van der Waals surface area (Å²) in [5.41, 5.74) is -0.155. The summed E-state index contributed by atoms with van der Waals surface area (Å²) in [5, 5.41) is 2.19. The molecule has 1 fully saturated rings. The third-order valence-electron chi connectivity index (χ3n) is 3.58. The lowest BCUT2D eigenvalue weighted by Crippen LogP contribution is -2.51. The molecule has 1 aliphatic heterocycles. The van der Waals surface area contributed by atoms with Crippen LogP contribution in [0.3, 0.4) is 0 Å². The van der Waals surface area contributed by atoms with E-state index in [9.17, 15) is 9.59 Å². The first-order chi connectivity index (χ1) is 7.49. The van der Waals surface area contributed by atoms with Gasteiger partial charge in [0.05, 0.1) is 0 Å². The Morgan fingerprint density at radius 3 is 2.75 bits per heavy atom. The lowest BCUT2D eigenvalue weighted by Gasteiger charge is -2.37. The van der Waals surface area contributed by atoms with E-state index < -0.39 is 0 Å². The van der Waals surface area contributed by atoms with Gasteiger partial charge in [-0.25, -0.2) is 4.79 Å². The number of urea groups is 1. The molecule has 0 spiro atoms. The number of nitrogens with one attached hydrogen (secondary N) is 1. The quantitative estimate of drug-likeness (QED) is 0.705. The largest absolute Gasteiger partial charge is 0.324 e. The number of imide groups is 1. The topological polar surface area (TPSA) is 52.6 Å². The predicted octanol–water partition coefficient (Wildman–Crippen LogP) is 0.659. The molecular weight excluding hydrogens is 206 g/mol. The van der Waals surface area contributed by atoms with Gasteiger partial charge in [0.1, 0.15) is 0 Å². The third-order valence-corrected chi connectivity index (χ3v) is 3.58. The molecule has 0 bridgehead atoms. The van der Waals surface area contributed by atoms with Crippen molar-refractivity contribution in [1.82, 2.24) is 15.1 Å². The van der Waals surface area contributed by atoms with Gasteiger partial charge in [0, 0.05) is 19.1 Å². The summed E-state index contributed by atoms with van der Waals surface area (Å²) in [7, 11) is 3.85. The van der Waals surface area contributed by atoms with Crippen LogP contribution in [-0.4, -0.2) is 55.0 Å². The van der Waals surface area contributed by atoms with E-state index in [-0.39, 0.29) is 11.6 Å². The van der Waals surface area contributed by atoms with Crippen LogP contribution in [0.25, 0.3) is 0 Å². The van der Waals surface area contributed by atoms with E-state index in [0.717, 1.165) is 32.4 Å². The molecule has 0 aliphatic carbocycles. The van der Waals surface area contributed by atoms with E-state index in [1.165, 1.54) is 0 Å². The van der Waals surface area contributed by atoms with E-state index in [0.29, 0.717) is 6.41 Å². The second-order valence-corrected chi connectivity index (χ2v) is 4.78. The lowest BCUT2D eigenvalue weighted by atomic mass is 9.91. The third kappa shape index (κ3) is 2.95. The molecule has 1 unspecified atom stereocenters. The molecule has 0 saturated carbocycles. The van der Waals surface area contributed by atoms with E-state index in [2.05, 4.69) is 24.2 Å². The van der Waals surface area contributed by atoms with E-state index >= 15 is 0 Å². The number of carbonyl (C=O) groups excluding carboxylic acids is 2. The van der Waals surface area contributed by atoms with E-state index in [1.54, 1.807) is 11.9 Å². The maximum absolute atomic E-state index is 11.6. The van der Waals surface area contributed by atoms with Gasteiger partial charge in [0.15, 0.2) is 0 Å². The molecule has 3 amide bonds. The maximum Gasteiger partial charge on any atom is 0.324 e. The number of rotatable bonds is 2. The van der Waals surface area contributed by atoms with Gasteiger partial charge >= 0.3 is 6.03 Å². The molecule has 5 heteroatoms. The van der Waals surface area contributed by atoms with Crippen molar-refractivity contribution in [3.05, 3.63) is 0 Å². The average molecular weight is 227 g/mol. The lowest BCUT2D eigenvalue weighted by molar-refractivity contribution is -0.108. The molecule has 0 radical (unpaired) electrons. The SMILES string of the molecule is CN1CCCC(C)(N(C)C(=O)NC=O)CC1. The molecule has 0 aromatic heterocycles. The molecule has 1 N–H and O–H groups in total. The van der Waals surface area contributed by atoms with Gasteiger partial charge in [0.2, 0.25) is 6.41 Å². The van der Waals surface area contributed by atoms with Crippen molar-refractivity contribution in [3.63, 3.8) is 0 Å². The summed E-state index contributed by atoms with van der Waals surface area (Å²) in [6.45, 7) is 4.13. The van der Waals surface area contributed by atoms with Crippen LogP contribution in [0.1, 0.15) is 26.2 Å². The van der Waals surface area contributed by atoms with Gasteiger partial charge in [-0.1, -0.05) is 0 Å². The number of nitrogens with zero attached hydrogens (tertiary/aromatic N) is 2. The molecule has 0 aromatic rings. The van der Waals surface area contributed by atoms with Crippen LogP contribution in [0.15, 0.2) is 0 Å². The first kappa shape index (κ1) is 13.0. The number of hydrogen-bond donors (Lipinski definition) is 1. The summed E-state index contributed by atoms with van der Waals surface area (Å²) in [4.78, 5) is 25.8. The van der Waals surface area contributed by atoms with Crippen molar-refractivity contribution < 1.29 is 9.59 Å². The summed E-state index contributed by atoms with van der Waals surface area (Å²) >= 11 is 0. The average Bonchev–Trinajstić information content (AvgIpc) is 2.41. The minimum Gasteiger partial charge on any atom is -0.322 e. The fourth-order valence-corrected chi connectivity index (χ4v) is 2.13. The molecule has 1 saturated heterocycles. The first-order valence-electron chi connectivity index (χ1n) is 5.66. The highest BCUT2D eigenvalue weighted by Crippen LogP contribution is 2.27. The van der Waals surface area contributed by atoms with Crippen LogP contribution in [0.2, 0.25) is 0 Å². The first-order valence-corrected chi connectivity index (χ1v) is 5.66. The zero-order valence-corrected chi connectivity index (χ0v) is 10.3. The molecule has 0 aromatic carbocycles. The summed E-state index contributed by atoms with van der Waals surface area (Å²) in [5.74, 6) is 0. The Labute approximate surface area is 96.8 Å². The van der Waals surface area contributed by atoms with Gasteiger partial charge < -0.3 is 9.80 Å². The molecule has 5 nitrogen and oxygen atoms in total. The molecule has 1 heterocycles. The fraction of sp³-hybridized carbons (Fsp3) is 0.818. The van der Waals surface area contributed by atoms with E-state index in [4.69, 9.17) is 0 Å². The number of carbonyl (C=O) groups is 2. The molecule has 16 heavy (non-hydrogen) atoms. The standard InChI is InChI=1S/C11H21N3O2/c1-11(14(3)10(16)12-9-15)5-4-7-13(2)8-6-11/h9H,4-8H2,1-3H3,(H,12,15,16). The molecule has 1 atom stereocenters. The van der Waals surface area contributed by atoms with Crippen molar-refractivity contribution in [2.75, 3.05) is 27.2 Å². The molecule has 1 aliphatic rings. The maximum atomic E-state index is 11.6. The van der Waals surface area contributed by atoms with Crippen LogP contribution in [0.4, 0.5) is 4.79 Å². The summed E-state index contributed by atoms with van der Waals surface area (Å²) in [6, 6.07) is -0.318. The Balaban J connectivity index is 2.67. The highest BCUT2D eigenvalue weighted by atomic mass is 16.2. The summed E-state index contributed by atoms with van der Waals surface area (Å²) in [6.07, 6.45) is 3.42. The Morgan fingerprint density at radius 2 is 2.12 bits per heavy atom. The zero-order chi connectivity index (χ0) is 12.2. The minimum atomic E-state index is -0.318. The van der Waals surface area contributed by atoms with Gasteiger partial charge in [-0.2, -0.15) is 0 Å². The number of likely N-dealkylation sites (tertiary alicyclic amines) is 1. The van der Waals surface area contributed by atoms with Gasteiger partial charge in [0.25, 0.3) is 0 Å². The van der Waals surface area contributed by atoms with Crippen molar-refractivity contribution >= 4 is 12.4 Å². The predicted molar refractivity (Wildman–Crippen MR) is 62.1 cm³/mol. The molecule has 92 valence electrons. The van der Waals surface area contributed by atoms with Crippen LogP contribution >= 0.6 is 0 Å². The van der Waals surface area contributed by atoms with Crippen LogP contribution in [-0.2, 0) is 4.79 Å². The normalized spacial score (nSPS) is 26.9. The Hall–Kier alpha value is -1.10. The number of amides is 3. The van der Waals surface area contributed by atoms with Crippen molar-refractivity contribution in [1.29, 1.82) is 0 Å². The van der Waals surface area contributed by atoms with Crippen molar-refractivity contribution in [3.8, 4) is 0 Å². The Bertz CT molecular complexity index is 270. The highest BCUT2D eigenvalue weighted by molar-refractivity contribution is 5.84. The second kappa shape index (κ2) is 5.30. The van der Waals surface area contributed by atoms with Crippen molar-refractivity contribution in [2.45, 2.75) is 31.7 Å². The van der Waals surface area contributed by atoms with Crippen LogP contribution < -0.4 is 5.32 Å². The van der Waals surface area contributed by atoms with Gasteiger partial charge in [-0.15, -0.1) is 0 Å². The smallest absolute Gasteiger partial charge is 0.322 e. The molecule has 1 rings (SSSR count). The van der Waals surface area contributed by atoms with Gasteiger partial charge in [-0.3, -0.25) is 10.1 Å². The number of hydrogen-bond acceptors (Lipinski definition) is 3. The minimum absolute atomic E-state index is 0.155. The summed E-state index contributed by atoms with van der Waals surface area (Å²) < 4.78 is 0. The van der Waals surface area contributed by atoms with Crippen molar-refractivity contribution in [2.24, 2.45) is 0 Å². The Kier molecular flexibility index (Phi) is 4.29. The van der Waals surface area contributed by atoms with Crippen LogP contribution in [0, 0.1) is 0 Å². The zero-order valence-electron chi connectivity index (χ0n) is 10.3. The monoisotopic (exact) mass is 227 g/mol. The fourth-order valence-electron chi connectivity index (χ4n) is 2.13.